The van der Waals surface area contributed by atoms with Gasteiger partial charge in [0.1, 0.15) is 12.1 Å². The van der Waals surface area contributed by atoms with E-state index in [9.17, 15) is 9.59 Å². The Morgan fingerprint density at radius 3 is 2.50 bits per heavy atom. The lowest BCUT2D eigenvalue weighted by Crippen LogP contribution is -2.03. The zero-order valence-corrected chi connectivity index (χ0v) is 10.5. The van der Waals surface area contributed by atoms with Crippen LogP contribution in [0.1, 0.15) is 20.8 Å². The van der Waals surface area contributed by atoms with Crippen molar-refractivity contribution >= 4 is 23.4 Å². The maximum absolute atomic E-state index is 11.3. The molecule has 0 aliphatic heterocycles. The number of aromatic carboxylic acids is 1. The number of esters is 1. The fourth-order valence-electron chi connectivity index (χ4n) is 1.50. The lowest BCUT2D eigenvalue weighted by molar-refractivity contribution is 0.0599. The molecule has 1 aromatic carbocycles. The number of hydrogen-bond acceptors (Lipinski definition) is 6. The summed E-state index contributed by atoms with van der Waals surface area (Å²) in [5, 5.41) is 11.7. The largest absolute Gasteiger partial charge is 0.477 e. The van der Waals surface area contributed by atoms with E-state index < -0.39 is 11.9 Å². The fraction of sp³-hybridized carbons (Fsp3) is 0.0769. The van der Waals surface area contributed by atoms with Gasteiger partial charge in [0, 0.05) is 11.8 Å². The molecule has 0 unspecified atom stereocenters. The van der Waals surface area contributed by atoms with Gasteiger partial charge >= 0.3 is 11.9 Å². The summed E-state index contributed by atoms with van der Waals surface area (Å²) in [6.45, 7) is 0. The number of nitrogens with zero attached hydrogens (tertiary/aromatic N) is 2. The SMILES string of the molecule is COC(=O)c1ccc(Nc2cc(C(=O)O)ncn2)cc1. The number of nitrogens with one attached hydrogen (secondary N) is 1. The van der Waals surface area contributed by atoms with Gasteiger partial charge in [-0.25, -0.2) is 19.6 Å². The molecule has 0 saturated carbocycles. The van der Waals surface area contributed by atoms with Gasteiger partial charge in [0.05, 0.1) is 12.7 Å². The summed E-state index contributed by atoms with van der Waals surface area (Å²) in [6.07, 6.45) is 1.16. The summed E-state index contributed by atoms with van der Waals surface area (Å²) >= 11 is 0. The van der Waals surface area contributed by atoms with E-state index in [4.69, 9.17) is 5.11 Å². The van der Waals surface area contributed by atoms with E-state index in [0.29, 0.717) is 17.1 Å². The molecule has 20 heavy (non-hydrogen) atoms. The Morgan fingerprint density at radius 1 is 1.20 bits per heavy atom. The van der Waals surface area contributed by atoms with Gasteiger partial charge < -0.3 is 15.2 Å². The Bertz CT molecular complexity index is 640. The van der Waals surface area contributed by atoms with Crippen LogP contribution >= 0.6 is 0 Å². The summed E-state index contributed by atoms with van der Waals surface area (Å²) < 4.78 is 4.59. The smallest absolute Gasteiger partial charge is 0.354 e. The second kappa shape index (κ2) is 5.79. The van der Waals surface area contributed by atoms with Crippen LogP contribution in [0.3, 0.4) is 0 Å². The Hall–Kier alpha value is -2.96. The fourth-order valence-corrected chi connectivity index (χ4v) is 1.50. The normalized spacial score (nSPS) is 9.85. The highest BCUT2D eigenvalue weighted by Crippen LogP contribution is 2.15. The molecule has 0 amide bonds. The van der Waals surface area contributed by atoms with Crippen LogP contribution < -0.4 is 5.32 Å². The minimum Gasteiger partial charge on any atom is -0.477 e. The molecule has 2 N–H and O–H groups in total. The highest BCUT2D eigenvalue weighted by molar-refractivity contribution is 5.90. The quantitative estimate of drug-likeness (QED) is 0.817. The van der Waals surface area contributed by atoms with Crippen LogP contribution in [-0.4, -0.2) is 34.1 Å². The lowest BCUT2D eigenvalue weighted by atomic mass is 10.2. The summed E-state index contributed by atoms with van der Waals surface area (Å²) in [7, 11) is 1.31. The van der Waals surface area contributed by atoms with Crippen molar-refractivity contribution in [1.29, 1.82) is 0 Å². The molecule has 102 valence electrons. The first-order valence-electron chi connectivity index (χ1n) is 5.61. The average Bonchev–Trinajstić information content (AvgIpc) is 2.47. The van der Waals surface area contributed by atoms with E-state index in [1.165, 1.54) is 13.2 Å². The molecule has 2 rings (SSSR count). The van der Waals surface area contributed by atoms with Crippen molar-refractivity contribution in [2.45, 2.75) is 0 Å². The predicted octanol–water partition coefficient (Wildman–Crippen LogP) is 1.70. The maximum atomic E-state index is 11.3. The molecule has 0 spiro atoms. The molecule has 1 heterocycles. The molecule has 0 radical (unpaired) electrons. The molecular formula is C13H11N3O4. The van der Waals surface area contributed by atoms with Crippen molar-refractivity contribution in [2.24, 2.45) is 0 Å². The molecule has 0 atom stereocenters. The van der Waals surface area contributed by atoms with Gasteiger partial charge in [0.15, 0.2) is 5.69 Å². The molecule has 0 saturated heterocycles. The number of methoxy groups -OCH3 is 1. The van der Waals surface area contributed by atoms with E-state index in [1.54, 1.807) is 24.3 Å². The minimum absolute atomic E-state index is 0.103. The number of carbonyl (C=O) groups excluding carboxylic acids is 1. The Morgan fingerprint density at radius 2 is 1.90 bits per heavy atom. The molecule has 0 bridgehead atoms. The van der Waals surface area contributed by atoms with Crippen molar-refractivity contribution in [3.8, 4) is 0 Å². The van der Waals surface area contributed by atoms with Gasteiger partial charge in [-0.05, 0) is 24.3 Å². The van der Waals surface area contributed by atoms with Gasteiger partial charge in [-0.15, -0.1) is 0 Å². The number of anilines is 2. The molecule has 0 fully saturated rings. The molecule has 7 nitrogen and oxygen atoms in total. The topological polar surface area (TPSA) is 101 Å². The average molecular weight is 273 g/mol. The number of aromatic nitrogens is 2. The second-order valence-electron chi connectivity index (χ2n) is 3.79. The molecule has 1 aromatic heterocycles. The van der Waals surface area contributed by atoms with E-state index in [2.05, 4.69) is 20.0 Å². The zero-order valence-electron chi connectivity index (χ0n) is 10.5. The summed E-state index contributed by atoms with van der Waals surface area (Å²) in [6, 6.07) is 7.82. The third-order valence-electron chi connectivity index (χ3n) is 2.46. The summed E-state index contributed by atoms with van der Waals surface area (Å²) in [5.41, 5.74) is 0.980. The van der Waals surface area contributed by atoms with Crippen molar-refractivity contribution in [3.63, 3.8) is 0 Å². The van der Waals surface area contributed by atoms with E-state index in [0.717, 1.165) is 6.33 Å². The van der Waals surface area contributed by atoms with Crippen molar-refractivity contribution in [1.82, 2.24) is 9.97 Å². The summed E-state index contributed by atoms with van der Waals surface area (Å²) in [4.78, 5) is 29.6. The molecule has 2 aromatic rings. The zero-order chi connectivity index (χ0) is 14.5. The van der Waals surface area contributed by atoms with Crippen LogP contribution in [-0.2, 0) is 4.74 Å². The number of carboxylic acids is 1. The number of rotatable bonds is 4. The van der Waals surface area contributed by atoms with Crippen LogP contribution in [0, 0.1) is 0 Å². The van der Waals surface area contributed by atoms with Crippen molar-refractivity contribution in [2.75, 3.05) is 12.4 Å². The third kappa shape index (κ3) is 3.08. The number of benzene rings is 1. The first-order chi connectivity index (χ1) is 9.60. The molecule has 0 aliphatic carbocycles. The summed E-state index contributed by atoms with van der Waals surface area (Å²) in [5.74, 6) is -1.20. The van der Waals surface area contributed by atoms with Gasteiger partial charge in [0.2, 0.25) is 0 Å². The Balaban J connectivity index is 2.16. The van der Waals surface area contributed by atoms with E-state index in [1.807, 2.05) is 0 Å². The molecule has 0 aliphatic rings. The van der Waals surface area contributed by atoms with Gasteiger partial charge in [-0.2, -0.15) is 0 Å². The van der Waals surface area contributed by atoms with Crippen LogP contribution in [0.15, 0.2) is 36.7 Å². The first kappa shape index (κ1) is 13.5. The number of hydrogen-bond donors (Lipinski definition) is 2. The standard InChI is InChI=1S/C13H11N3O4/c1-20-13(19)8-2-4-9(5-3-8)16-11-6-10(12(17)18)14-7-15-11/h2-7H,1H3,(H,17,18)(H,14,15,16). The number of carboxylic acid groups (broad SMARTS) is 1. The van der Waals surface area contributed by atoms with E-state index in [-0.39, 0.29) is 5.69 Å². The third-order valence-corrected chi connectivity index (χ3v) is 2.46. The second-order valence-corrected chi connectivity index (χ2v) is 3.79. The lowest BCUT2D eigenvalue weighted by Gasteiger charge is -2.06. The van der Waals surface area contributed by atoms with Crippen LogP contribution in [0.4, 0.5) is 11.5 Å². The van der Waals surface area contributed by atoms with Crippen molar-refractivity contribution < 1.29 is 19.4 Å². The number of ether oxygens (including phenoxy) is 1. The molecular weight excluding hydrogens is 262 g/mol. The van der Waals surface area contributed by atoms with Crippen molar-refractivity contribution in [3.05, 3.63) is 47.9 Å². The van der Waals surface area contributed by atoms with Gasteiger partial charge in [0.25, 0.3) is 0 Å². The Kier molecular flexibility index (Phi) is 3.90. The van der Waals surface area contributed by atoms with Gasteiger partial charge in [-0.1, -0.05) is 0 Å². The monoisotopic (exact) mass is 273 g/mol. The van der Waals surface area contributed by atoms with E-state index >= 15 is 0 Å². The predicted molar refractivity (Wildman–Crippen MR) is 70.1 cm³/mol. The van der Waals surface area contributed by atoms with Crippen LogP contribution in [0.2, 0.25) is 0 Å². The van der Waals surface area contributed by atoms with Crippen LogP contribution in [0.5, 0.6) is 0 Å². The highest BCUT2D eigenvalue weighted by atomic mass is 16.5. The first-order valence-corrected chi connectivity index (χ1v) is 5.61. The van der Waals surface area contributed by atoms with Crippen LogP contribution in [0.25, 0.3) is 0 Å². The molecule has 7 heteroatoms. The van der Waals surface area contributed by atoms with Gasteiger partial charge in [-0.3, -0.25) is 0 Å². The number of carbonyl (C=O) groups is 2. The Labute approximate surface area is 114 Å². The maximum Gasteiger partial charge on any atom is 0.354 e. The highest BCUT2D eigenvalue weighted by Gasteiger charge is 2.07. The minimum atomic E-state index is -1.13.